The van der Waals surface area contributed by atoms with Crippen LogP contribution < -0.4 is 8.13 Å². The third-order valence-electron chi connectivity index (χ3n) is 3.88. The van der Waals surface area contributed by atoms with Gasteiger partial charge >= 0.3 is 143 Å². The van der Waals surface area contributed by atoms with E-state index < -0.39 is 5.97 Å². The zero-order chi connectivity index (χ0) is 21.5. The molecule has 4 rings (SSSR count). The zero-order valence-electron chi connectivity index (χ0n) is 16.5. The van der Waals surface area contributed by atoms with Crippen LogP contribution in [0, 0.1) is 0 Å². The van der Waals surface area contributed by atoms with Crippen molar-refractivity contribution in [2.45, 2.75) is 6.92 Å². The van der Waals surface area contributed by atoms with Crippen LogP contribution in [0.15, 0.2) is 76.6 Å². The molecule has 2 heterocycles. The van der Waals surface area contributed by atoms with E-state index in [4.69, 9.17) is 9.90 Å². The molecular weight excluding hydrogens is 427 g/mol. The van der Waals surface area contributed by atoms with Gasteiger partial charge in [-0.25, -0.2) is 0 Å². The Morgan fingerprint density at radius 2 is 1.73 bits per heavy atom. The quantitative estimate of drug-likeness (QED) is 0.463. The number of aliphatic carboxylic acids is 1. The number of hydrogen-bond donors (Lipinski definition) is 2. The maximum absolute atomic E-state index is 12.2. The number of carbonyl (C=O) groups is 2. The van der Waals surface area contributed by atoms with Gasteiger partial charge in [-0.2, -0.15) is 0 Å². The molecule has 0 aliphatic carbocycles. The van der Waals surface area contributed by atoms with Crippen molar-refractivity contribution in [2.75, 3.05) is 5.32 Å². The number of thiophene rings is 1. The Bertz CT molecular complexity index is 1100. The molecule has 1 aliphatic heterocycles. The number of amides is 1. The summed E-state index contributed by atoms with van der Waals surface area (Å²) >= 11 is 4.09. The summed E-state index contributed by atoms with van der Waals surface area (Å²) in [5.41, 5.74) is 2.14. The first-order valence-electron chi connectivity index (χ1n) is 9.12. The number of anilines is 1. The van der Waals surface area contributed by atoms with Crippen LogP contribution >= 0.6 is 23.1 Å². The fourth-order valence-electron chi connectivity index (χ4n) is 2.54. The molecule has 0 saturated heterocycles. The van der Waals surface area contributed by atoms with E-state index in [1.165, 1.54) is 25.0 Å². The van der Waals surface area contributed by atoms with Crippen molar-refractivity contribution in [3.63, 3.8) is 0 Å². The number of nitrogens with zero attached hydrogens (tertiary/aromatic N) is 1. The van der Waals surface area contributed by atoms with Crippen molar-refractivity contribution >= 4 is 82.6 Å². The number of carboxylic acid groups (broad SMARTS) is 1. The van der Waals surface area contributed by atoms with Crippen molar-refractivity contribution in [2.24, 2.45) is 4.99 Å². The Morgan fingerprint density at radius 3 is 2.40 bits per heavy atom. The van der Waals surface area contributed by atoms with Gasteiger partial charge in [0.1, 0.15) is 0 Å². The number of rotatable bonds is 3. The molecule has 2 N–H and O–H groups in total. The van der Waals surface area contributed by atoms with E-state index in [2.05, 4.69) is 40.6 Å². The molecule has 8 heteroatoms. The Labute approximate surface area is 200 Å². The summed E-state index contributed by atoms with van der Waals surface area (Å²) in [6, 6.07) is 22.6. The normalized spacial score (nSPS) is 14.2. The van der Waals surface area contributed by atoms with Gasteiger partial charge in [0.05, 0.1) is 0 Å². The average molecular weight is 445 g/mol. The molecule has 0 fully saturated rings. The van der Waals surface area contributed by atoms with Gasteiger partial charge in [0.25, 0.3) is 5.97 Å². The number of carboxylic acids is 1. The Morgan fingerprint density at radius 1 is 1.07 bits per heavy atom. The minimum atomic E-state index is -0.833. The first kappa shape index (κ1) is 22.5. The molecule has 30 heavy (non-hydrogen) atoms. The molecule has 1 aromatic heterocycles. The molecule has 1 amide bonds. The van der Waals surface area contributed by atoms with E-state index in [9.17, 15) is 4.79 Å². The summed E-state index contributed by atoms with van der Waals surface area (Å²) in [6.45, 7) is 1.08. The van der Waals surface area contributed by atoms with Crippen LogP contribution in [0.3, 0.4) is 0 Å². The molecule has 2 aromatic carbocycles. The van der Waals surface area contributed by atoms with E-state index in [1.54, 1.807) is 11.3 Å². The Kier molecular flexibility index (Phi) is 8.07. The first-order valence-corrected chi connectivity index (χ1v) is 11.7. The summed E-state index contributed by atoms with van der Waals surface area (Å²) in [4.78, 5) is 28.2. The molecule has 0 unspecified atom stereocenters. The molecule has 0 spiro atoms. The SMILES string of the molecule is CC(=O)O.O=C1N=C(Nc2cc[c]([Na])cc2)SC1=Cc1ccc(-c2ccccc2)s1. The van der Waals surface area contributed by atoms with Crippen molar-refractivity contribution in [3.05, 3.63) is 76.5 Å². The minimum absolute atomic E-state index is 0.188. The van der Waals surface area contributed by atoms with Crippen LogP contribution in [0.2, 0.25) is 0 Å². The van der Waals surface area contributed by atoms with E-state index in [1.807, 2.05) is 42.5 Å². The number of nitrogens with one attached hydrogen (secondary N) is 1. The van der Waals surface area contributed by atoms with Gasteiger partial charge in [0.2, 0.25) is 0 Å². The number of benzene rings is 2. The number of hydrogen-bond acceptors (Lipinski definition) is 5. The zero-order valence-corrected chi connectivity index (χ0v) is 20.1. The summed E-state index contributed by atoms with van der Waals surface area (Å²) in [5, 5.41) is 11.3. The molecule has 0 bridgehead atoms. The van der Waals surface area contributed by atoms with Crippen molar-refractivity contribution in [3.8, 4) is 10.4 Å². The van der Waals surface area contributed by atoms with Gasteiger partial charge < -0.3 is 5.11 Å². The van der Waals surface area contributed by atoms with Crippen LogP contribution in [-0.4, -0.2) is 50.1 Å². The maximum atomic E-state index is 12.2. The fourth-order valence-corrected chi connectivity index (χ4v) is 4.73. The van der Waals surface area contributed by atoms with Gasteiger partial charge in [-0.3, -0.25) is 4.79 Å². The Balaban J connectivity index is 0.000000589. The Hall–Kier alpha value is -2.16. The number of aliphatic imine (C=N–C) groups is 1. The summed E-state index contributed by atoms with van der Waals surface area (Å²) < 4.78 is 1.33. The fraction of sp³-hybridized carbons (Fsp3) is 0.0455. The van der Waals surface area contributed by atoms with Crippen LogP contribution in [0.25, 0.3) is 16.5 Å². The van der Waals surface area contributed by atoms with Crippen molar-refractivity contribution < 1.29 is 14.7 Å². The van der Waals surface area contributed by atoms with Gasteiger partial charge in [-0.05, 0) is 5.56 Å². The van der Waals surface area contributed by atoms with Crippen LogP contribution in [0.4, 0.5) is 5.69 Å². The second-order valence-electron chi connectivity index (χ2n) is 6.41. The third-order valence-corrected chi connectivity index (χ3v) is 6.53. The molecule has 1 aliphatic rings. The molecule has 0 radical (unpaired) electrons. The molecule has 146 valence electrons. The van der Waals surface area contributed by atoms with Crippen molar-refractivity contribution in [1.82, 2.24) is 0 Å². The van der Waals surface area contributed by atoms with Gasteiger partial charge in [0.15, 0.2) is 0 Å². The summed E-state index contributed by atoms with van der Waals surface area (Å²) in [5.74, 6) is -1.02. The molecule has 0 saturated carbocycles. The molecular formula is C22H17N2NaO3S2. The summed E-state index contributed by atoms with van der Waals surface area (Å²) in [7, 11) is 0. The van der Waals surface area contributed by atoms with Crippen molar-refractivity contribution in [1.29, 1.82) is 0 Å². The second-order valence-corrected chi connectivity index (χ2v) is 9.71. The second kappa shape index (κ2) is 10.7. The number of carbonyl (C=O) groups excluding carboxylic acids is 1. The van der Waals surface area contributed by atoms with E-state index in [0.717, 1.165) is 45.4 Å². The molecule has 5 nitrogen and oxygen atoms in total. The predicted octanol–water partition coefficient (Wildman–Crippen LogP) is 4.38. The number of amidine groups is 1. The van der Waals surface area contributed by atoms with Crippen LogP contribution in [0.1, 0.15) is 11.8 Å². The van der Waals surface area contributed by atoms with Crippen LogP contribution in [0.5, 0.6) is 0 Å². The van der Waals surface area contributed by atoms with Crippen LogP contribution in [-0.2, 0) is 9.59 Å². The average Bonchev–Trinajstić information content (AvgIpc) is 3.31. The molecule has 3 aromatic rings. The predicted molar refractivity (Wildman–Crippen MR) is 127 cm³/mol. The van der Waals surface area contributed by atoms with E-state index in [-0.39, 0.29) is 5.91 Å². The van der Waals surface area contributed by atoms with Gasteiger partial charge in [0, 0.05) is 6.92 Å². The van der Waals surface area contributed by atoms with Gasteiger partial charge in [-0.15, -0.1) is 0 Å². The first-order chi connectivity index (χ1) is 14.4. The van der Waals surface area contributed by atoms with E-state index in [0.29, 0.717) is 10.1 Å². The standard InChI is InChI=1S/C20H13N2OS2.C2H4O2.Na/c23-19-18(25-20(22-19)21-15-9-5-2-6-10-15)13-16-11-12-17(24-16)14-7-3-1-4-8-14;1-2(3)4;/h1,3-13H,(H,21,22,23);1H3,(H,3,4);. The molecule has 0 atom stereocenters. The number of thioether (sulfide) groups is 1. The topological polar surface area (TPSA) is 78.8 Å². The van der Waals surface area contributed by atoms with E-state index >= 15 is 0 Å². The monoisotopic (exact) mass is 444 g/mol. The third kappa shape index (κ3) is 6.68. The summed E-state index contributed by atoms with van der Waals surface area (Å²) in [6.07, 6.45) is 1.92. The van der Waals surface area contributed by atoms with Gasteiger partial charge in [-0.1, -0.05) is 30.3 Å².